The standard InChI is InChI=1S/C16H16ClN3O/c1-10(11-6-8-12(17)9-7-11)20(2)16-19-15-13(18)4-3-5-14(15)21-16/h3-10H,18H2,1-2H3. The van der Waals surface area contributed by atoms with E-state index in [1.165, 1.54) is 0 Å². The molecule has 5 heteroatoms. The lowest BCUT2D eigenvalue weighted by molar-refractivity contribution is 0.557. The van der Waals surface area contributed by atoms with Crippen LogP contribution in [0, 0.1) is 0 Å². The van der Waals surface area contributed by atoms with Crippen molar-refractivity contribution in [2.75, 3.05) is 17.7 Å². The van der Waals surface area contributed by atoms with E-state index in [0.29, 0.717) is 22.8 Å². The topological polar surface area (TPSA) is 55.3 Å². The van der Waals surface area contributed by atoms with Gasteiger partial charge in [0, 0.05) is 12.1 Å². The van der Waals surface area contributed by atoms with Crippen molar-refractivity contribution in [2.45, 2.75) is 13.0 Å². The van der Waals surface area contributed by atoms with Gasteiger partial charge >= 0.3 is 0 Å². The number of halogens is 1. The molecule has 21 heavy (non-hydrogen) atoms. The Hall–Kier alpha value is -2.20. The number of hydrogen-bond donors (Lipinski definition) is 1. The van der Waals surface area contributed by atoms with Crippen LogP contribution in [0.4, 0.5) is 11.7 Å². The van der Waals surface area contributed by atoms with Gasteiger partial charge in [-0.3, -0.25) is 0 Å². The summed E-state index contributed by atoms with van der Waals surface area (Å²) in [6.45, 7) is 2.08. The van der Waals surface area contributed by atoms with Crippen LogP contribution in [-0.4, -0.2) is 12.0 Å². The molecular formula is C16H16ClN3O. The maximum atomic E-state index is 5.93. The fourth-order valence-corrected chi connectivity index (χ4v) is 2.37. The highest BCUT2D eigenvalue weighted by Gasteiger charge is 2.18. The fourth-order valence-electron chi connectivity index (χ4n) is 2.24. The SMILES string of the molecule is CC(c1ccc(Cl)cc1)N(C)c1nc2c(N)cccc2o1. The molecule has 3 aromatic rings. The third-order valence-electron chi connectivity index (χ3n) is 3.67. The first kappa shape index (κ1) is 13.8. The molecule has 0 saturated carbocycles. The molecule has 0 saturated heterocycles. The van der Waals surface area contributed by atoms with Crippen molar-refractivity contribution in [1.82, 2.24) is 4.98 Å². The minimum Gasteiger partial charge on any atom is -0.423 e. The lowest BCUT2D eigenvalue weighted by atomic mass is 10.1. The van der Waals surface area contributed by atoms with E-state index in [4.69, 9.17) is 21.8 Å². The molecular weight excluding hydrogens is 286 g/mol. The quantitative estimate of drug-likeness (QED) is 0.734. The van der Waals surface area contributed by atoms with Crippen LogP contribution in [0.3, 0.4) is 0 Å². The Morgan fingerprint density at radius 2 is 1.90 bits per heavy atom. The van der Waals surface area contributed by atoms with Crippen molar-refractivity contribution < 1.29 is 4.42 Å². The molecule has 0 spiro atoms. The molecule has 1 aromatic heterocycles. The molecule has 3 rings (SSSR count). The van der Waals surface area contributed by atoms with E-state index in [1.54, 1.807) is 0 Å². The van der Waals surface area contributed by atoms with Gasteiger partial charge in [0.1, 0.15) is 5.52 Å². The normalized spacial score (nSPS) is 12.5. The molecule has 4 nitrogen and oxygen atoms in total. The number of fused-ring (bicyclic) bond motifs is 1. The van der Waals surface area contributed by atoms with Crippen LogP contribution in [0.5, 0.6) is 0 Å². The predicted octanol–water partition coefficient (Wildman–Crippen LogP) is 4.26. The first-order chi connectivity index (χ1) is 10.1. The Morgan fingerprint density at radius 3 is 2.57 bits per heavy atom. The van der Waals surface area contributed by atoms with E-state index in [2.05, 4.69) is 11.9 Å². The third kappa shape index (κ3) is 2.54. The van der Waals surface area contributed by atoms with E-state index >= 15 is 0 Å². The average Bonchev–Trinajstić information content (AvgIpc) is 2.92. The minimum atomic E-state index is 0.108. The van der Waals surface area contributed by atoms with Gasteiger partial charge in [-0.1, -0.05) is 29.8 Å². The highest BCUT2D eigenvalue weighted by Crippen LogP contribution is 2.30. The number of nitrogens with two attached hydrogens (primary N) is 1. The van der Waals surface area contributed by atoms with Gasteiger partial charge in [0.15, 0.2) is 5.58 Å². The van der Waals surface area contributed by atoms with E-state index < -0.39 is 0 Å². The molecule has 0 radical (unpaired) electrons. The van der Waals surface area contributed by atoms with Crippen LogP contribution in [0.25, 0.3) is 11.1 Å². The lowest BCUT2D eigenvalue weighted by Gasteiger charge is -2.23. The maximum absolute atomic E-state index is 5.93. The number of benzene rings is 2. The number of aromatic nitrogens is 1. The number of nitrogens with zero attached hydrogens (tertiary/aromatic N) is 2. The summed E-state index contributed by atoms with van der Waals surface area (Å²) in [7, 11) is 1.94. The molecule has 0 aliphatic rings. The zero-order chi connectivity index (χ0) is 15.0. The van der Waals surface area contributed by atoms with Gasteiger partial charge in [-0.25, -0.2) is 0 Å². The number of hydrogen-bond acceptors (Lipinski definition) is 4. The predicted molar refractivity (Wildman–Crippen MR) is 86.7 cm³/mol. The largest absolute Gasteiger partial charge is 0.423 e. The first-order valence-corrected chi connectivity index (χ1v) is 7.07. The zero-order valence-corrected chi connectivity index (χ0v) is 12.6. The summed E-state index contributed by atoms with van der Waals surface area (Å²) < 4.78 is 5.79. The second kappa shape index (κ2) is 5.30. The summed E-state index contributed by atoms with van der Waals surface area (Å²) in [5, 5.41) is 0.725. The van der Waals surface area contributed by atoms with E-state index in [-0.39, 0.29) is 6.04 Å². The number of oxazole rings is 1. The summed E-state index contributed by atoms with van der Waals surface area (Å²) in [5.74, 6) is 0. The molecule has 1 unspecified atom stereocenters. The van der Waals surface area contributed by atoms with Gasteiger partial charge in [0.05, 0.1) is 11.7 Å². The van der Waals surface area contributed by atoms with Crippen molar-refractivity contribution in [2.24, 2.45) is 0 Å². The van der Waals surface area contributed by atoms with Gasteiger partial charge in [-0.05, 0) is 36.8 Å². The van der Waals surface area contributed by atoms with Crippen LogP contribution in [-0.2, 0) is 0 Å². The Balaban J connectivity index is 1.94. The molecule has 2 N–H and O–H groups in total. The van der Waals surface area contributed by atoms with Crippen molar-refractivity contribution in [3.8, 4) is 0 Å². The van der Waals surface area contributed by atoms with Crippen LogP contribution < -0.4 is 10.6 Å². The Bertz CT molecular complexity index is 767. The van der Waals surface area contributed by atoms with Crippen LogP contribution >= 0.6 is 11.6 Å². The van der Waals surface area contributed by atoms with Gasteiger partial charge < -0.3 is 15.1 Å². The average molecular weight is 302 g/mol. The minimum absolute atomic E-state index is 0.108. The van der Waals surface area contributed by atoms with Crippen molar-refractivity contribution in [3.05, 3.63) is 53.1 Å². The van der Waals surface area contributed by atoms with Gasteiger partial charge in [0.2, 0.25) is 0 Å². The molecule has 0 bridgehead atoms. The Morgan fingerprint density at radius 1 is 1.19 bits per heavy atom. The number of anilines is 2. The molecule has 1 atom stereocenters. The second-order valence-corrected chi connectivity index (χ2v) is 5.47. The highest BCUT2D eigenvalue weighted by molar-refractivity contribution is 6.30. The summed E-state index contributed by atoms with van der Waals surface area (Å²) in [6, 6.07) is 14.0. The number of rotatable bonds is 3. The summed E-state index contributed by atoms with van der Waals surface area (Å²) >= 11 is 5.93. The monoisotopic (exact) mass is 301 g/mol. The summed E-state index contributed by atoms with van der Waals surface area (Å²) in [5.41, 5.74) is 9.07. The summed E-state index contributed by atoms with van der Waals surface area (Å²) in [4.78, 5) is 6.46. The highest BCUT2D eigenvalue weighted by atomic mass is 35.5. The molecule has 108 valence electrons. The van der Waals surface area contributed by atoms with Gasteiger partial charge in [-0.2, -0.15) is 4.98 Å². The molecule has 0 fully saturated rings. The Labute approximate surface area is 128 Å². The number of nitrogen functional groups attached to an aromatic ring is 1. The fraction of sp³-hybridized carbons (Fsp3) is 0.188. The van der Waals surface area contributed by atoms with Crippen molar-refractivity contribution >= 4 is 34.4 Å². The van der Waals surface area contributed by atoms with Gasteiger partial charge in [0.25, 0.3) is 6.01 Å². The third-order valence-corrected chi connectivity index (χ3v) is 3.93. The smallest absolute Gasteiger partial charge is 0.298 e. The maximum Gasteiger partial charge on any atom is 0.298 e. The lowest BCUT2D eigenvalue weighted by Crippen LogP contribution is -2.21. The van der Waals surface area contributed by atoms with E-state index in [1.807, 2.05) is 54.4 Å². The number of para-hydroxylation sites is 1. The summed E-state index contributed by atoms with van der Waals surface area (Å²) in [6.07, 6.45) is 0. The van der Waals surface area contributed by atoms with Crippen molar-refractivity contribution in [1.29, 1.82) is 0 Å². The molecule has 2 aromatic carbocycles. The molecule has 1 heterocycles. The molecule has 0 amide bonds. The van der Waals surface area contributed by atoms with E-state index in [9.17, 15) is 0 Å². The van der Waals surface area contributed by atoms with Crippen molar-refractivity contribution in [3.63, 3.8) is 0 Å². The Kier molecular flexibility index (Phi) is 3.47. The van der Waals surface area contributed by atoms with Crippen LogP contribution in [0.2, 0.25) is 5.02 Å². The first-order valence-electron chi connectivity index (χ1n) is 6.69. The zero-order valence-electron chi connectivity index (χ0n) is 11.9. The van der Waals surface area contributed by atoms with Crippen LogP contribution in [0.1, 0.15) is 18.5 Å². The van der Waals surface area contributed by atoms with Gasteiger partial charge in [-0.15, -0.1) is 0 Å². The second-order valence-electron chi connectivity index (χ2n) is 5.03. The molecule has 0 aliphatic carbocycles. The van der Waals surface area contributed by atoms with E-state index in [0.717, 1.165) is 10.6 Å². The van der Waals surface area contributed by atoms with Crippen LogP contribution in [0.15, 0.2) is 46.9 Å². The molecule has 0 aliphatic heterocycles.